The fourth-order valence-electron chi connectivity index (χ4n) is 0. The highest BCUT2D eigenvalue weighted by molar-refractivity contribution is 8.10. The lowest BCUT2D eigenvalue weighted by Crippen LogP contribution is -2.02. The van der Waals surface area contributed by atoms with Crippen LogP contribution in [0.15, 0.2) is 0 Å². The predicted octanol–water partition coefficient (Wildman–Crippen LogP) is -0.260. The van der Waals surface area contributed by atoms with Gasteiger partial charge in [0.15, 0.2) is 0 Å². The number of nitrogens with two attached hydrogens (primary N) is 2. The zero-order valence-electron chi connectivity index (χ0n) is 3.66. The van der Waals surface area contributed by atoms with Gasteiger partial charge in [0.05, 0.1) is 0 Å². The van der Waals surface area contributed by atoms with E-state index in [1.165, 1.54) is 0 Å². The lowest BCUT2D eigenvalue weighted by Gasteiger charge is -1.63. The molecule has 7 heavy (non-hydrogen) atoms. The molecule has 0 aliphatic rings. The number of thiocarbonyl (C=S) groups is 1. The molecular weight excluding hydrogens is 134 g/mol. The minimum absolute atomic E-state index is 0. The molecule has 0 aliphatic heterocycles. The van der Waals surface area contributed by atoms with Crippen molar-refractivity contribution in [3.63, 3.8) is 0 Å². The van der Waals surface area contributed by atoms with Gasteiger partial charge in [0.25, 0.3) is 0 Å². The SMILES string of the molecule is N.NN.OC(=S)S. The summed E-state index contributed by atoms with van der Waals surface area (Å²) in [6.07, 6.45) is 0. The van der Waals surface area contributed by atoms with Crippen LogP contribution in [-0.4, -0.2) is 9.49 Å². The fraction of sp³-hybridized carbons (Fsp3) is 0. The van der Waals surface area contributed by atoms with E-state index in [1.54, 1.807) is 0 Å². The molecule has 0 aromatic rings. The Labute approximate surface area is 52.8 Å². The molecule has 0 radical (unpaired) electrons. The van der Waals surface area contributed by atoms with Crippen LogP contribution in [0, 0.1) is 0 Å². The highest BCUT2D eigenvalue weighted by atomic mass is 32.1. The number of aliphatic hydroxyl groups is 1. The molecule has 0 heterocycles. The van der Waals surface area contributed by atoms with Gasteiger partial charge in [-0.3, -0.25) is 11.7 Å². The van der Waals surface area contributed by atoms with Gasteiger partial charge in [-0.2, -0.15) is 0 Å². The third-order valence-electron chi connectivity index (χ3n) is 0. The van der Waals surface area contributed by atoms with Crippen molar-refractivity contribution >= 4 is 29.2 Å². The van der Waals surface area contributed by atoms with Crippen LogP contribution in [-0.2, 0) is 0 Å². The number of hydrogen-bond donors (Lipinski definition) is 5. The lowest BCUT2D eigenvalue weighted by molar-refractivity contribution is 0.586. The highest BCUT2D eigenvalue weighted by Gasteiger charge is 1.59. The normalized spacial score (nSPS) is 4.43. The molecule has 0 aromatic carbocycles. The van der Waals surface area contributed by atoms with Gasteiger partial charge in [0, 0.05) is 0 Å². The van der Waals surface area contributed by atoms with E-state index in [1.807, 2.05) is 0 Å². The fourth-order valence-corrected chi connectivity index (χ4v) is 0. The maximum atomic E-state index is 7.65. The Bertz CT molecular complexity index is 35.9. The summed E-state index contributed by atoms with van der Waals surface area (Å²) in [4.78, 5) is 0. The number of rotatable bonds is 0. The van der Waals surface area contributed by atoms with Crippen LogP contribution >= 0.6 is 24.8 Å². The second-order valence-electron chi connectivity index (χ2n) is 0.283. The molecule has 0 aliphatic carbocycles. The zero-order chi connectivity index (χ0) is 5.58. The van der Waals surface area contributed by atoms with Crippen molar-refractivity contribution in [1.29, 1.82) is 0 Å². The molecule has 0 atom stereocenters. The van der Waals surface area contributed by atoms with Gasteiger partial charge in [-0.05, 0) is 12.2 Å². The van der Waals surface area contributed by atoms with E-state index in [-0.39, 0.29) is 10.5 Å². The molecule has 0 saturated carbocycles. The molecule has 46 valence electrons. The van der Waals surface area contributed by atoms with Crippen molar-refractivity contribution in [2.75, 3.05) is 0 Å². The maximum Gasteiger partial charge on any atom is 0.214 e. The first kappa shape index (κ1) is 15.7. The summed E-state index contributed by atoms with van der Waals surface area (Å²) in [6, 6.07) is 0. The van der Waals surface area contributed by atoms with E-state index >= 15 is 0 Å². The number of hydrogen-bond acceptors (Lipinski definition) is 4. The largest absolute Gasteiger partial charge is 0.494 e. The molecule has 0 spiro atoms. The molecule has 0 bridgehead atoms. The molecule has 0 amide bonds. The molecule has 0 aromatic heterocycles. The van der Waals surface area contributed by atoms with Crippen LogP contribution in [0.1, 0.15) is 0 Å². The van der Waals surface area contributed by atoms with Crippen LogP contribution in [0.2, 0.25) is 0 Å². The smallest absolute Gasteiger partial charge is 0.214 e. The summed E-state index contributed by atoms with van der Waals surface area (Å²) >= 11 is 7.21. The summed E-state index contributed by atoms with van der Waals surface area (Å²) in [5, 5.41) is 7.65. The lowest BCUT2D eigenvalue weighted by atomic mass is 11.7. The maximum absolute atomic E-state index is 7.65. The van der Waals surface area contributed by atoms with Crippen LogP contribution < -0.4 is 17.8 Å². The van der Waals surface area contributed by atoms with E-state index < -0.39 is 0 Å². The van der Waals surface area contributed by atoms with E-state index in [4.69, 9.17) is 5.11 Å². The van der Waals surface area contributed by atoms with Gasteiger partial charge in [-0.15, -0.1) is 0 Å². The third kappa shape index (κ3) is 7210. The Hall–Kier alpha value is 0.120. The Morgan fingerprint density at radius 1 is 1.57 bits per heavy atom. The van der Waals surface area contributed by atoms with E-state index in [0.717, 1.165) is 0 Å². The third-order valence-corrected chi connectivity index (χ3v) is 0. The number of aliphatic hydroxyl groups excluding tert-OH is 1. The Morgan fingerprint density at radius 3 is 1.57 bits per heavy atom. The first-order chi connectivity index (χ1) is 2.73. The first-order valence-corrected chi connectivity index (χ1v) is 1.84. The highest BCUT2D eigenvalue weighted by Crippen LogP contribution is 1.68. The predicted molar refractivity (Wildman–Crippen MR) is 37.6 cm³/mol. The van der Waals surface area contributed by atoms with Crippen LogP contribution in [0.5, 0.6) is 0 Å². The summed E-state index contributed by atoms with van der Waals surface area (Å²) in [5.41, 5.74) is 0. The molecule has 0 unspecified atom stereocenters. The average Bonchev–Trinajstić information content (AvgIpc) is 1.41. The molecule has 6 heteroatoms. The molecule has 0 saturated heterocycles. The van der Waals surface area contributed by atoms with Gasteiger partial charge in [0.1, 0.15) is 0 Å². The Kier molecular flexibility index (Phi) is 37.0. The van der Waals surface area contributed by atoms with Gasteiger partial charge >= 0.3 is 0 Å². The van der Waals surface area contributed by atoms with Crippen LogP contribution in [0.4, 0.5) is 0 Å². The second-order valence-corrected chi connectivity index (χ2v) is 1.40. The minimum atomic E-state index is -0.306. The van der Waals surface area contributed by atoms with E-state index in [0.29, 0.717) is 0 Å². The van der Waals surface area contributed by atoms with Crippen molar-refractivity contribution in [2.45, 2.75) is 0 Å². The molecule has 0 rings (SSSR count). The molecule has 0 fully saturated rings. The molecule has 4 nitrogen and oxygen atoms in total. The van der Waals surface area contributed by atoms with Gasteiger partial charge in [-0.25, -0.2) is 0 Å². The van der Waals surface area contributed by atoms with Gasteiger partial charge < -0.3 is 11.3 Å². The minimum Gasteiger partial charge on any atom is -0.494 e. The van der Waals surface area contributed by atoms with Gasteiger partial charge in [0.2, 0.25) is 4.38 Å². The quantitative estimate of drug-likeness (QED) is 0.139. The topological polar surface area (TPSA) is 107 Å². The van der Waals surface area contributed by atoms with Crippen molar-refractivity contribution in [2.24, 2.45) is 11.7 Å². The van der Waals surface area contributed by atoms with Crippen molar-refractivity contribution in [3.05, 3.63) is 0 Å². The Balaban J connectivity index is -0.0000000480. The summed E-state index contributed by atoms with van der Waals surface area (Å²) in [6.45, 7) is 0. The first-order valence-electron chi connectivity index (χ1n) is 0.985. The second kappa shape index (κ2) is 16.5. The zero-order valence-corrected chi connectivity index (χ0v) is 5.38. The van der Waals surface area contributed by atoms with Crippen molar-refractivity contribution in [1.82, 2.24) is 6.15 Å². The summed E-state index contributed by atoms with van der Waals surface area (Å²) in [5.74, 6) is 8.00. The van der Waals surface area contributed by atoms with Crippen molar-refractivity contribution < 1.29 is 5.11 Å². The standard InChI is InChI=1S/CH2OS2.H4N2.H3N/c2-1(3)4;1-2;/h(H2,2,3,4);1-2H2;1H3. The number of hydrazine groups is 1. The average molecular weight is 143 g/mol. The van der Waals surface area contributed by atoms with E-state index in [2.05, 4.69) is 36.5 Å². The van der Waals surface area contributed by atoms with E-state index in [9.17, 15) is 0 Å². The molecule has 8 N–H and O–H groups in total. The number of thiol groups is 1. The Morgan fingerprint density at radius 2 is 1.57 bits per heavy atom. The van der Waals surface area contributed by atoms with Crippen LogP contribution in [0.3, 0.4) is 0 Å². The van der Waals surface area contributed by atoms with Gasteiger partial charge in [-0.1, -0.05) is 12.6 Å². The van der Waals surface area contributed by atoms with Crippen molar-refractivity contribution in [3.8, 4) is 0 Å². The molecular formula is CH9N3OS2. The van der Waals surface area contributed by atoms with Crippen LogP contribution in [0.25, 0.3) is 0 Å². The summed E-state index contributed by atoms with van der Waals surface area (Å²) < 4.78 is -0.306. The monoisotopic (exact) mass is 143 g/mol. The summed E-state index contributed by atoms with van der Waals surface area (Å²) in [7, 11) is 0.